The summed E-state index contributed by atoms with van der Waals surface area (Å²) < 4.78 is 28.6. The zero-order chi connectivity index (χ0) is 19.8. The van der Waals surface area contributed by atoms with Crippen LogP contribution in [-0.4, -0.2) is 59.5 Å². The van der Waals surface area contributed by atoms with Crippen LogP contribution in [0, 0.1) is 6.92 Å². The predicted molar refractivity (Wildman–Crippen MR) is 103 cm³/mol. The minimum Gasteiger partial charge on any atom is -0.335 e. The second kappa shape index (κ2) is 7.44. The number of aryl methyl sites for hydroxylation is 2. The molecule has 1 fully saturated rings. The Morgan fingerprint density at radius 3 is 2.19 bits per heavy atom. The first-order valence-electron chi connectivity index (χ1n) is 9.10. The molecule has 2 heterocycles. The van der Waals surface area contributed by atoms with Crippen LogP contribution in [0.4, 0.5) is 0 Å². The summed E-state index contributed by atoms with van der Waals surface area (Å²) in [5.41, 5.74) is 2.43. The van der Waals surface area contributed by atoms with Crippen molar-refractivity contribution in [1.29, 1.82) is 0 Å². The molecule has 1 aromatic carbocycles. The zero-order valence-corrected chi connectivity index (χ0v) is 17.0. The van der Waals surface area contributed by atoms with Crippen molar-refractivity contribution in [3.63, 3.8) is 0 Å². The van der Waals surface area contributed by atoms with Gasteiger partial charge in [-0.15, -0.1) is 0 Å². The number of benzene rings is 1. The van der Waals surface area contributed by atoms with Crippen molar-refractivity contribution in [2.24, 2.45) is 7.05 Å². The van der Waals surface area contributed by atoms with E-state index in [9.17, 15) is 13.2 Å². The van der Waals surface area contributed by atoms with E-state index in [1.54, 1.807) is 40.9 Å². The molecule has 1 aliphatic heterocycles. The number of aromatic nitrogens is 2. The van der Waals surface area contributed by atoms with Gasteiger partial charge >= 0.3 is 0 Å². The minimum atomic E-state index is -3.53. The summed E-state index contributed by atoms with van der Waals surface area (Å²) in [7, 11) is -1.77. The van der Waals surface area contributed by atoms with Crippen LogP contribution in [0.2, 0.25) is 0 Å². The molecule has 1 amide bonds. The number of nitrogens with zero attached hydrogens (tertiary/aromatic N) is 4. The molecule has 0 saturated carbocycles. The molecule has 27 heavy (non-hydrogen) atoms. The van der Waals surface area contributed by atoms with Crippen LogP contribution in [-0.2, 0) is 17.1 Å². The first kappa shape index (κ1) is 19.6. The Balaban J connectivity index is 1.70. The molecule has 0 spiro atoms. The van der Waals surface area contributed by atoms with E-state index < -0.39 is 10.0 Å². The van der Waals surface area contributed by atoms with Crippen LogP contribution in [0.25, 0.3) is 0 Å². The smallest absolute Gasteiger partial charge is 0.272 e. The van der Waals surface area contributed by atoms with Gasteiger partial charge in [0, 0.05) is 33.2 Å². The Labute approximate surface area is 160 Å². The minimum absolute atomic E-state index is 0.107. The van der Waals surface area contributed by atoms with Crippen molar-refractivity contribution in [3.8, 4) is 0 Å². The summed E-state index contributed by atoms with van der Waals surface area (Å²) in [5, 5.41) is 4.39. The Bertz CT molecular complexity index is 924. The zero-order valence-electron chi connectivity index (χ0n) is 16.2. The molecule has 2 aromatic rings. The Morgan fingerprint density at radius 2 is 1.67 bits per heavy atom. The highest BCUT2D eigenvalue weighted by Crippen LogP contribution is 2.20. The van der Waals surface area contributed by atoms with E-state index >= 15 is 0 Å². The molecule has 0 aliphatic carbocycles. The van der Waals surface area contributed by atoms with Gasteiger partial charge in [0.25, 0.3) is 5.91 Å². The molecule has 0 atom stereocenters. The molecule has 8 heteroatoms. The molecular formula is C19H26N4O3S. The average molecular weight is 391 g/mol. The van der Waals surface area contributed by atoms with Crippen LogP contribution in [0.3, 0.4) is 0 Å². The maximum atomic E-state index is 12.8. The molecule has 0 radical (unpaired) electrons. The quantitative estimate of drug-likeness (QED) is 0.800. The second-order valence-corrected chi connectivity index (χ2v) is 9.18. The first-order chi connectivity index (χ1) is 12.7. The van der Waals surface area contributed by atoms with Crippen LogP contribution in [0.15, 0.2) is 35.2 Å². The monoisotopic (exact) mass is 390 g/mol. The number of carbonyl (C=O) groups excluding carboxylic acids is 1. The van der Waals surface area contributed by atoms with Crippen LogP contribution in [0.1, 0.15) is 41.5 Å². The summed E-state index contributed by atoms with van der Waals surface area (Å²) in [5.74, 6) is 0.138. The lowest BCUT2D eigenvalue weighted by Gasteiger charge is -2.34. The van der Waals surface area contributed by atoms with Gasteiger partial charge in [0.1, 0.15) is 5.69 Å². The van der Waals surface area contributed by atoms with Gasteiger partial charge in [-0.05, 0) is 31.0 Å². The SMILES string of the molecule is Cc1ccc(S(=O)(=O)N2CCN(C(=O)c3cc(C(C)C)nn3C)CC2)cc1. The molecular weight excluding hydrogens is 364 g/mol. The molecule has 146 valence electrons. The van der Waals surface area contributed by atoms with Gasteiger partial charge < -0.3 is 4.90 Å². The fourth-order valence-electron chi connectivity index (χ4n) is 3.12. The number of hydrogen-bond acceptors (Lipinski definition) is 4. The number of carbonyl (C=O) groups is 1. The van der Waals surface area contributed by atoms with Crippen LogP contribution in [0.5, 0.6) is 0 Å². The standard InChI is InChI=1S/C19H26N4O3S/c1-14(2)17-13-18(21(4)20-17)19(24)22-9-11-23(12-10-22)27(25,26)16-7-5-15(3)6-8-16/h5-8,13-14H,9-12H2,1-4H3. The molecule has 0 bridgehead atoms. The van der Waals surface area contributed by atoms with Crippen LogP contribution < -0.4 is 0 Å². The summed E-state index contributed by atoms with van der Waals surface area (Å²) in [6, 6.07) is 8.67. The third-order valence-electron chi connectivity index (χ3n) is 4.89. The molecule has 1 aromatic heterocycles. The van der Waals surface area contributed by atoms with Gasteiger partial charge in [-0.2, -0.15) is 9.40 Å². The van der Waals surface area contributed by atoms with E-state index in [2.05, 4.69) is 5.10 Å². The summed E-state index contributed by atoms with van der Waals surface area (Å²) in [6.45, 7) is 7.30. The normalized spacial score (nSPS) is 16.1. The topological polar surface area (TPSA) is 75.5 Å². The summed E-state index contributed by atoms with van der Waals surface area (Å²) in [6.07, 6.45) is 0. The van der Waals surface area contributed by atoms with Crippen molar-refractivity contribution < 1.29 is 13.2 Å². The lowest BCUT2D eigenvalue weighted by molar-refractivity contribution is 0.0687. The first-order valence-corrected chi connectivity index (χ1v) is 10.5. The molecule has 0 unspecified atom stereocenters. The van der Waals surface area contributed by atoms with Crippen molar-refractivity contribution in [2.45, 2.75) is 31.6 Å². The molecule has 3 rings (SSSR count). The van der Waals surface area contributed by atoms with Gasteiger partial charge in [0.2, 0.25) is 10.0 Å². The maximum absolute atomic E-state index is 12.8. The lowest BCUT2D eigenvalue weighted by Crippen LogP contribution is -2.50. The van der Waals surface area contributed by atoms with Crippen molar-refractivity contribution in [2.75, 3.05) is 26.2 Å². The fourth-order valence-corrected chi connectivity index (χ4v) is 4.55. The average Bonchev–Trinajstić information content (AvgIpc) is 3.03. The van der Waals surface area contributed by atoms with Gasteiger partial charge in [-0.3, -0.25) is 9.48 Å². The summed E-state index contributed by atoms with van der Waals surface area (Å²) >= 11 is 0. The maximum Gasteiger partial charge on any atom is 0.272 e. The predicted octanol–water partition coefficient (Wildman–Crippen LogP) is 2.00. The van der Waals surface area contributed by atoms with Crippen LogP contribution >= 0.6 is 0 Å². The number of rotatable bonds is 4. The van der Waals surface area contributed by atoms with E-state index in [-0.39, 0.29) is 24.9 Å². The Hall–Kier alpha value is -2.19. The molecule has 7 nitrogen and oxygen atoms in total. The third-order valence-corrected chi connectivity index (χ3v) is 6.81. The van der Waals surface area contributed by atoms with E-state index in [4.69, 9.17) is 0 Å². The van der Waals surface area contributed by atoms with Gasteiger partial charge in [0.05, 0.1) is 10.6 Å². The highest BCUT2D eigenvalue weighted by atomic mass is 32.2. The van der Waals surface area contributed by atoms with E-state index in [1.807, 2.05) is 26.8 Å². The highest BCUT2D eigenvalue weighted by Gasteiger charge is 2.31. The molecule has 0 N–H and O–H groups in total. The number of piperazine rings is 1. The fraction of sp³-hybridized carbons (Fsp3) is 0.474. The largest absolute Gasteiger partial charge is 0.335 e. The Morgan fingerprint density at radius 1 is 1.07 bits per heavy atom. The molecule has 1 saturated heterocycles. The summed E-state index contributed by atoms with van der Waals surface area (Å²) in [4.78, 5) is 14.8. The lowest BCUT2D eigenvalue weighted by atomic mass is 10.1. The van der Waals surface area contributed by atoms with E-state index in [1.165, 1.54) is 4.31 Å². The van der Waals surface area contributed by atoms with Gasteiger partial charge in [0.15, 0.2) is 0 Å². The molecule has 1 aliphatic rings. The Kier molecular flexibility index (Phi) is 5.39. The van der Waals surface area contributed by atoms with Crippen molar-refractivity contribution >= 4 is 15.9 Å². The number of hydrogen-bond donors (Lipinski definition) is 0. The number of sulfonamides is 1. The third kappa shape index (κ3) is 3.91. The van der Waals surface area contributed by atoms with Crippen molar-refractivity contribution in [3.05, 3.63) is 47.3 Å². The van der Waals surface area contributed by atoms with E-state index in [0.29, 0.717) is 23.7 Å². The van der Waals surface area contributed by atoms with E-state index in [0.717, 1.165) is 11.3 Å². The van der Waals surface area contributed by atoms with Crippen molar-refractivity contribution in [1.82, 2.24) is 19.0 Å². The van der Waals surface area contributed by atoms with Gasteiger partial charge in [-0.1, -0.05) is 31.5 Å². The highest BCUT2D eigenvalue weighted by molar-refractivity contribution is 7.89. The second-order valence-electron chi connectivity index (χ2n) is 7.24. The number of amides is 1. The van der Waals surface area contributed by atoms with Gasteiger partial charge in [-0.25, -0.2) is 8.42 Å².